The predicted molar refractivity (Wildman–Crippen MR) is 68.3 cm³/mol. The lowest BCUT2D eigenvalue weighted by Gasteiger charge is -2.10. The van der Waals surface area contributed by atoms with E-state index in [1.165, 1.54) is 24.3 Å². The Balaban J connectivity index is 1.71. The van der Waals surface area contributed by atoms with E-state index in [9.17, 15) is 14.0 Å². The minimum absolute atomic E-state index is 0.179. The number of hydrogen-bond donors (Lipinski definition) is 1. The third-order valence-electron chi connectivity index (χ3n) is 2.99. The van der Waals surface area contributed by atoms with E-state index in [0.717, 1.165) is 9.70 Å². The zero-order valence-electron chi connectivity index (χ0n) is 10.9. The van der Waals surface area contributed by atoms with Gasteiger partial charge >= 0.3 is 6.03 Å². The highest BCUT2D eigenvalue weighted by Crippen LogP contribution is 2.13. The molecule has 9 heteroatoms. The average molecular weight is 290 g/mol. The van der Waals surface area contributed by atoms with Gasteiger partial charge in [0, 0.05) is 18.7 Å². The van der Waals surface area contributed by atoms with Crippen LogP contribution in [0, 0.1) is 5.82 Å². The highest BCUT2D eigenvalue weighted by atomic mass is 19.1. The van der Waals surface area contributed by atoms with Gasteiger partial charge in [-0.1, -0.05) is 0 Å². The SMILES string of the molecule is O=C(Cn1nnc(-c2ccc(F)cc2)n1)N1CCNC1=O. The number of carbonyl (C=O) groups is 2. The lowest BCUT2D eigenvalue weighted by atomic mass is 10.2. The summed E-state index contributed by atoms with van der Waals surface area (Å²) in [6.45, 7) is 0.592. The fourth-order valence-electron chi connectivity index (χ4n) is 1.94. The second-order valence-corrected chi connectivity index (χ2v) is 4.43. The highest BCUT2D eigenvalue weighted by Gasteiger charge is 2.26. The Hall–Kier alpha value is -2.84. The first-order valence-electron chi connectivity index (χ1n) is 6.25. The summed E-state index contributed by atoms with van der Waals surface area (Å²) in [6.07, 6.45) is 0. The van der Waals surface area contributed by atoms with Crippen LogP contribution in [0.1, 0.15) is 0 Å². The quantitative estimate of drug-likeness (QED) is 0.861. The molecule has 0 aliphatic carbocycles. The van der Waals surface area contributed by atoms with Crippen LogP contribution in [0.15, 0.2) is 24.3 Å². The number of nitrogens with one attached hydrogen (secondary N) is 1. The van der Waals surface area contributed by atoms with Crippen LogP contribution in [0.3, 0.4) is 0 Å². The van der Waals surface area contributed by atoms with Gasteiger partial charge in [-0.15, -0.1) is 10.2 Å². The maximum absolute atomic E-state index is 12.8. The Morgan fingerprint density at radius 2 is 2.10 bits per heavy atom. The van der Waals surface area contributed by atoms with Gasteiger partial charge in [0.25, 0.3) is 5.91 Å². The lowest BCUT2D eigenvalue weighted by molar-refractivity contribution is -0.128. The fourth-order valence-corrected chi connectivity index (χ4v) is 1.94. The first-order chi connectivity index (χ1) is 10.1. The van der Waals surface area contributed by atoms with Gasteiger partial charge < -0.3 is 5.32 Å². The Bertz CT molecular complexity index is 683. The van der Waals surface area contributed by atoms with Crippen molar-refractivity contribution in [1.29, 1.82) is 0 Å². The molecule has 1 aromatic carbocycles. The van der Waals surface area contributed by atoms with Crippen molar-refractivity contribution < 1.29 is 14.0 Å². The van der Waals surface area contributed by atoms with E-state index in [1.807, 2.05) is 0 Å². The number of rotatable bonds is 3. The molecule has 1 N–H and O–H groups in total. The van der Waals surface area contributed by atoms with Crippen molar-refractivity contribution >= 4 is 11.9 Å². The molecule has 1 aromatic heterocycles. The first kappa shape index (κ1) is 13.2. The minimum Gasteiger partial charge on any atom is -0.336 e. The van der Waals surface area contributed by atoms with Crippen molar-refractivity contribution in [2.24, 2.45) is 0 Å². The van der Waals surface area contributed by atoms with Crippen LogP contribution >= 0.6 is 0 Å². The zero-order valence-corrected chi connectivity index (χ0v) is 10.9. The third kappa shape index (κ3) is 2.71. The largest absolute Gasteiger partial charge is 0.336 e. The van der Waals surface area contributed by atoms with E-state index >= 15 is 0 Å². The topological polar surface area (TPSA) is 93.0 Å². The number of aromatic nitrogens is 4. The van der Waals surface area contributed by atoms with Crippen molar-refractivity contribution in [3.8, 4) is 11.4 Å². The number of tetrazole rings is 1. The summed E-state index contributed by atoms with van der Waals surface area (Å²) >= 11 is 0. The molecule has 0 atom stereocenters. The van der Waals surface area contributed by atoms with E-state index < -0.39 is 11.9 Å². The zero-order chi connectivity index (χ0) is 14.8. The van der Waals surface area contributed by atoms with Crippen LogP contribution in [0.5, 0.6) is 0 Å². The van der Waals surface area contributed by atoms with Gasteiger partial charge in [-0.25, -0.2) is 9.18 Å². The molecule has 1 saturated heterocycles. The van der Waals surface area contributed by atoms with Crippen molar-refractivity contribution in [2.45, 2.75) is 6.54 Å². The second kappa shape index (κ2) is 5.27. The molecule has 0 bridgehead atoms. The van der Waals surface area contributed by atoms with Crippen LogP contribution in [-0.2, 0) is 11.3 Å². The third-order valence-corrected chi connectivity index (χ3v) is 2.99. The van der Waals surface area contributed by atoms with E-state index in [2.05, 4.69) is 20.7 Å². The van der Waals surface area contributed by atoms with Crippen LogP contribution in [0.25, 0.3) is 11.4 Å². The monoisotopic (exact) mass is 290 g/mol. The molecule has 108 valence electrons. The molecule has 8 nitrogen and oxygen atoms in total. The lowest BCUT2D eigenvalue weighted by Crippen LogP contribution is -2.37. The summed E-state index contributed by atoms with van der Waals surface area (Å²) in [5, 5.41) is 14.1. The van der Waals surface area contributed by atoms with Crippen LogP contribution in [0.2, 0.25) is 0 Å². The van der Waals surface area contributed by atoms with Crippen LogP contribution < -0.4 is 5.32 Å². The number of halogens is 1. The number of imide groups is 1. The van der Waals surface area contributed by atoms with Crippen molar-refractivity contribution in [2.75, 3.05) is 13.1 Å². The Labute approximate surface area is 118 Å². The highest BCUT2D eigenvalue weighted by molar-refractivity contribution is 5.95. The van der Waals surface area contributed by atoms with E-state index in [1.54, 1.807) is 0 Å². The molecule has 1 fully saturated rings. The van der Waals surface area contributed by atoms with E-state index in [4.69, 9.17) is 0 Å². The summed E-state index contributed by atoms with van der Waals surface area (Å²) in [5.74, 6) is -0.483. The predicted octanol–water partition coefficient (Wildman–Crippen LogP) is 0.0310. The van der Waals surface area contributed by atoms with Gasteiger partial charge in [0.2, 0.25) is 5.82 Å². The number of hydrogen-bond acceptors (Lipinski definition) is 5. The van der Waals surface area contributed by atoms with Crippen molar-refractivity contribution in [3.63, 3.8) is 0 Å². The smallest absolute Gasteiger partial charge is 0.324 e. The van der Waals surface area contributed by atoms with Crippen LogP contribution in [0.4, 0.5) is 9.18 Å². The van der Waals surface area contributed by atoms with Gasteiger partial charge in [0.05, 0.1) is 0 Å². The molecule has 0 spiro atoms. The molecule has 3 rings (SSSR count). The van der Waals surface area contributed by atoms with Crippen LogP contribution in [-0.4, -0.2) is 50.1 Å². The number of nitrogens with zero attached hydrogens (tertiary/aromatic N) is 5. The molecular formula is C12H11FN6O2. The molecule has 21 heavy (non-hydrogen) atoms. The first-order valence-corrected chi connectivity index (χ1v) is 6.25. The molecule has 2 aromatic rings. The van der Waals surface area contributed by atoms with Crippen molar-refractivity contribution in [1.82, 2.24) is 30.4 Å². The molecule has 0 radical (unpaired) electrons. The molecule has 2 heterocycles. The van der Waals surface area contributed by atoms with Gasteiger partial charge in [0.15, 0.2) is 0 Å². The summed E-state index contributed by atoms with van der Waals surface area (Å²) in [7, 11) is 0. The second-order valence-electron chi connectivity index (χ2n) is 4.43. The Morgan fingerprint density at radius 3 is 2.76 bits per heavy atom. The number of urea groups is 1. The summed E-state index contributed by atoms with van der Waals surface area (Å²) in [6, 6.07) is 5.20. The molecule has 1 aliphatic heterocycles. The maximum Gasteiger partial charge on any atom is 0.324 e. The van der Waals surface area contributed by atoms with Gasteiger partial charge in [-0.3, -0.25) is 9.69 Å². The number of carbonyl (C=O) groups excluding carboxylic acids is 2. The summed E-state index contributed by atoms with van der Waals surface area (Å²) < 4.78 is 12.8. The Morgan fingerprint density at radius 1 is 1.33 bits per heavy atom. The Kier molecular flexibility index (Phi) is 3.30. The fraction of sp³-hybridized carbons (Fsp3) is 0.250. The maximum atomic E-state index is 12.8. The average Bonchev–Trinajstić information content (AvgIpc) is 3.09. The molecular weight excluding hydrogens is 279 g/mol. The molecule has 3 amide bonds. The normalized spacial score (nSPS) is 14.3. The van der Waals surface area contributed by atoms with Gasteiger partial charge in [-0.05, 0) is 29.5 Å². The van der Waals surface area contributed by atoms with Gasteiger partial charge in [0.1, 0.15) is 12.4 Å². The van der Waals surface area contributed by atoms with Gasteiger partial charge in [-0.2, -0.15) is 4.80 Å². The molecule has 1 aliphatic rings. The summed E-state index contributed by atoms with van der Waals surface area (Å²) in [5.41, 5.74) is 0.592. The summed E-state index contributed by atoms with van der Waals surface area (Å²) in [4.78, 5) is 25.5. The molecule has 0 unspecified atom stereocenters. The molecule has 0 saturated carbocycles. The number of amides is 3. The number of benzene rings is 1. The minimum atomic E-state index is -0.418. The van der Waals surface area contributed by atoms with Crippen molar-refractivity contribution in [3.05, 3.63) is 30.1 Å². The van der Waals surface area contributed by atoms with E-state index in [-0.39, 0.29) is 18.2 Å². The standard InChI is InChI=1S/C12H11FN6O2/c13-9-3-1-8(2-4-9)11-15-17-19(16-11)7-10(20)18-6-5-14-12(18)21/h1-4H,5-7H2,(H,14,21). The van der Waals surface area contributed by atoms with E-state index in [0.29, 0.717) is 18.7 Å².